The third-order valence-electron chi connectivity index (χ3n) is 4.74. The highest BCUT2D eigenvalue weighted by Crippen LogP contribution is 2.15. The fourth-order valence-electron chi connectivity index (χ4n) is 2.75. The first-order valence-corrected chi connectivity index (χ1v) is 9.96. The topological polar surface area (TPSA) is 76.4 Å². The van der Waals surface area contributed by atoms with Crippen molar-refractivity contribution in [1.29, 1.82) is 0 Å². The standard InChI is InChI=1S/C21H34N6O/c1-16(2)19-10-8-18(9-11-19)7-6-12-22-21(23-13-14-28-5)24-15-20-26-25-17(3)27(20)4/h8-11,16H,6-7,12-15H2,1-5H3,(H2,22,23,24). The fraction of sp³-hybridized carbons (Fsp3) is 0.571. The molecule has 2 aromatic rings. The van der Waals surface area contributed by atoms with Crippen LogP contribution < -0.4 is 10.6 Å². The number of benzene rings is 1. The molecule has 1 aromatic carbocycles. The van der Waals surface area contributed by atoms with E-state index in [0.717, 1.165) is 37.0 Å². The van der Waals surface area contributed by atoms with Crippen molar-refractivity contribution in [1.82, 2.24) is 25.4 Å². The summed E-state index contributed by atoms with van der Waals surface area (Å²) in [7, 11) is 3.65. The third kappa shape index (κ3) is 6.96. The fourth-order valence-corrected chi connectivity index (χ4v) is 2.75. The van der Waals surface area contributed by atoms with Gasteiger partial charge in [-0.05, 0) is 36.8 Å². The van der Waals surface area contributed by atoms with Crippen LogP contribution in [0.2, 0.25) is 0 Å². The Morgan fingerprint density at radius 1 is 1.14 bits per heavy atom. The van der Waals surface area contributed by atoms with Crippen molar-refractivity contribution in [3.8, 4) is 0 Å². The van der Waals surface area contributed by atoms with E-state index >= 15 is 0 Å². The summed E-state index contributed by atoms with van der Waals surface area (Å²) in [6.07, 6.45) is 2.08. The number of hydrogen-bond acceptors (Lipinski definition) is 4. The van der Waals surface area contributed by atoms with E-state index < -0.39 is 0 Å². The molecule has 0 bridgehead atoms. The predicted molar refractivity (Wildman–Crippen MR) is 114 cm³/mol. The molecule has 0 unspecified atom stereocenters. The molecule has 0 aliphatic rings. The summed E-state index contributed by atoms with van der Waals surface area (Å²) in [4.78, 5) is 4.63. The molecule has 1 aromatic heterocycles. The Labute approximate surface area is 168 Å². The van der Waals surface area contributed by atoms with Gasteiger partial charge in [0.1, 0.15) is 12.4 Å². The minimum atomic E-state index is 0.482. The number of hydrogen-bond donors (Lipinski definition) is 2. The normalized spacial score (nSPS) is 11.9. The first-order chi connectivity index (χ1) is 13.5. The highest BCUT2D eigenvalue weighted by atomic mass is 16.5. The minimum Gasteiger partial charge on any atom is -0.383 e. The SMILES string of the molecule is COCCNC(=NCc1nnc(C)n1C)NCCCc1ccc(C(C)C)cc1. The van der Waals surface area contributed by atoms with Crippen LogP contribution in [-0.2, 0) is 24.8 Å². The van der Waals surface area contributed by atoms with E-state index in [2.05, 4.69) is 63.9 Å². The Morgan fingerprint density at radius 3 is 2.46 bits per heavy atom. The van der Waals surface area contributed by atoms with Crippen LogP contribution >= 0.6 is 0 Å². The van der Waals surface area contributed by atoms with Crippen molar-refractivity contribution in [2.24, 2.45) is 12.0 Å². The monoisotopic (exact) mass is 386 g/mol. The maximum Gasteiger partial charge on any atom is 0.191 e. The lowest BCUT2D eigenvalue weighted by atomic mass is 10.0. The van der Waals surface area contributed by atoms with Gasteiger partial charge in [-0.2, -0.15) is 0 Å². The van der Waals surface area contributed by atoms with Crippen LogP contribution in [0.5, 0.6) is 0 Å². The smallest absolute Gasteiger partial charge is 0.191 e. The molecule has 7 heteroatoms. The Kier molecular flexibility index (Phi) is 8.94. The summed E-state index contributed by atoms with van der Waals surface area (Å²) in [5, 5.41) is 14.9. The van der Waals surface area contributed by atoms with Crippen LogP contribution in [0.3, 0.4) is 0 Å². The van der Waals surface area contributed by atoms with Crippen LogP contribution in [0.25, 0.3) is 0 Å². The Hall–Kier alpha value is -2.41. The summed E-state index contributed by atoms with van der Waals surface area (Å²) in [5.41, 5.74) is 2.75. The number of methoxy groups -OCH3 is 1. The lowest BCUT2D eigenvalue weighted by Gasteiger charge is -2.12. The number of guanidine groups is 1. The maximum absolute atomic E-state index is 5.12. The molecule has 0 fully saturated rings. The summed E-state index contributed by atoms with van der Waals surface area (Å²) < 4.78 is 7.07. The van der Waals surface area contributed by atoms with Gasteiger partial charge in [0.05, 0.1) is 6.61 Å². The Bertz CT molecular complexity index is 736. The summed E-state index contributed by atoms with van der Waals surface area (Å²) in [6.45, 7) is 9.04. The molecule has 7 nitrogen and oxygen atoms in total. The summed E-state index contributed by atoms with van der Waals surface area (Å²) >= 11 is 0. The molecule has 0 spiro atoms. The lowest BCUT2D eigenvalue weighted by Crippen LogP contribution is -2.39. The second-order valence-corrected chi connectivity index (χ2v) is 7.23. The number of aromatic nitrogens is 3. The van der Waals surface area contributed by atoms with E-state index in [-0.39, 0.29) is 0 Å². The van der Waals surface area contributed by atoms with Crippen LogP contribution in [0.15, 0.2) is 29.3 Å². The molecule has 0 amide bonds. The van der Waals surface area contributed by atoms with Gasteiger partial charge >= 0.3 is 0 Å². The number of rotatable bonds is 10. The average molecular weight is 387 g/mol. The average Bonchev–Trinajstić information content (AvgIpc) is 3.01. The van der Waals surface area contributed by atoms with Crippen LogP contribution in [0, 0.1) is 6.92 Å². The largest absolute Gasteiger partial charge is 0.383 e. The first-order valence-electron chi connectivity index (χ1n) is 9.96. The van der Waals surface area contributed by atoms with E-state index in [0.29, 0.717) is 25.6 Å². The molecule has 0 saturated carbocycles. The zero-order chi connectivity index (χ0) is 20.4. The summed E-state index contributed by atoms with van der Waals surface area (Å²) in [6, 6.07) is 8.93. The second-order valence-electron chi connectivity index (χ2n) is 7.23. The van der Waals surface area contributed by atoms with E-state index in [9.17, 15) is 0 Å². The number of aliphatic imine (C=N–C) groups is 1. The van der Waals surface area contributed by atoms with E-state index in [1.54, 1.807) is 7.11 Å². The molecule has 0 atom stereocenters. The van der Waals surface area contributed by atoms with Crippen molar-refractivity contribution in [2.75, 3.05) is 26.8 Å². The molecule has 1 heterocycles. The quantitative estimate of drug-likeness (QED) is 0.373. The van der Waals surface area contributed by atoms with Crippen molar-refractivity contribution >= 4 is 5.96 Å². The predicted octanol–water partition coefficient (Wildman–Crippen LogP) is 2.56. The van der Waals surface area contributed by atoms with Crippen molar-refractivity contribution in [3.05, 3.63) is 47.0 Å². The van der Waals surface area contributed by atoms with Gasteiger partial charge in [0, 0.05) is 27.2 Å². The van der Waals surface area contributed by atoms with Gasteiger partial charge in [-0.25, -0.2) is 4.99 Å². The lowest BCUT2D eigenvalue weighted by molar-refractivity contribution is 0.203. The molecule has 0 radical (unpaired) electrons. The van der Waals surface area contributed by atoms with E-state index in [4.69, 9.17) is 4.74 Å². The van der Waals surface area contributed by atoms with Gasteiger partial charge in [-0.1, -0.05) is 38.1 Å². The van der Waals surface area contributed by atoms with Gasteiger partial charge in [-0.15, -0.1) is 10.2 Å². The van der Waals surface area contributed by atoms with Gasteiger partial charge in [0.15, 0.2) is 11.8 Å². The number of nitrogens with zero attached hydrogens (tertiary/aromatic N) is 4. The molecular weight excluding hydrogens is 352 g/mol. The highest BCUT2D eigenvalue weighted by molar-refractivity contribution is 5.79. The van der Waals surface area contributed by atoms with Gasteiger partial charge in [0.25, 0.3) is 0 Å². The highest BCUT2D eigenvalue weighted by Gasteiger charge is 2.05. The molecule has 0 aliphatic heterocycles. The molecule has 28 heavy (non-hydrogen) atoms. The molecule has 2 rings (SSSR count). The first kappa shape index (κ1) is 21.9. The van der Waals surface area contributed by atoms with Crippen molar-refractivity contribution < 1.29 is 4.74 Å². The third-order valence-corrected chi connectivity index (χ3v) is 4.74. The van der Waals surface area contributed by atoms with Crippen LogP contribution in [-0.4, -0.2) is 47.5 Å². The molecule has 0 saturated heterocycles. The van der Waals surface area contributed by atoms with E-state index in [1.165, 1.54) is 11.1 Å². The number of aryl methyl sites for hydroxylation is 2. The summed E-state index contributed by atoms with van der Waals surface area (Å²) in [5.74, 6) is 3.07. The van der Waals surface area contributed by atoms with Crippen molar-refractivity contribution in [3.63, 3.8) is 0 Å². The van der Waals surface area contributed by atoms with Gasteiger partial charge < -0.3 is 19.9 Å². The molecular formula is C21H34N6O. The second kappa shape index (κ2) is 11.4. The van der Waals surface area contributed by atoms with Crippen molar-refractivity contribution in [2.45, 2.75) is 46.1 Å². The maximum atomic E-state index is 5.12. The van der Waals surface area contributed by atoms with Crippen LogP contribution in [0.1, 0.15) is 49.0 Å². The number of ether oxygens (including phenoxy) is 1. The molecule has 154 valence electrons. The minimum absolute atomic E-state index is 0.482. The number of nitrogens with one attached hydrogen (secondary N) is 2. The molecule has 2 N–H and O–H groups in total. The molecule has 0 aliphatic carbocycles. The van der Waals surface area contributed by atoms with Crippen LogP contribution in [0.4, 0.5) is 0 Å². The van der Waals surface area contributed by atoms with E-state index in [1.807, 2.05) is 18.5 Å². The zero-order valence-electron chi connectivity index (χ0n) is 17.8. The zero-order valence-corrected chi connectivity index (χ0v) is 17.8. The Morgan fingerprint density at radius 2 is 1.86 bits per heavy atom. The van der Waals surface area contributed by atoms with Gasteiger partial charge in [0.2, 0.25) is 0 Å². The van der Waals surface area contributed by atoms with Gasteiger partial charge in [-0.3, -0.25) is 0 Å². The Balaban J connectivity index is 1.83.